The van der Waals surface area contributed by atoms with E-state index in [9.17, 15) is 8.42 Å². The van der Waals surface area contributed by atoms with Gasteiger partial charge in [0.05, 0.1) is 4.90 Å². The Morgan fingerprint density at radius 2 is 1.96 bits per heavy atom. The lowest BCUT2D eigenvalue weighted by atomic mass is 9.95. The maximum atomic E-state index is 12.2. The van der Waals surface area contributed by atoms with Crippen molar-refractivity contribution in [3.05, 3.63) is 24.0 Å². The van der Waals surface area contributed by atoms with Gasteiger partial charge >= 0.3 is 0 Å². The minimum atomic E-state index is -3.52. The molecule has 0 bridgehead atoms. The van der Waals surface area contributed by atoms with Crippen molar-refractivity contribution in [2.24, 2.45) is 7.05 Å². The monoisotopic (exact) mass is 367 g/mol. The Bertz CT molecular complexity index is 845. The van der Waals surface area contributed by atoms with E-state index < -0.39 is 10.0 Å². The van der Waals surface area contributed by atoms with Gasteiger partial charge < -0.3 is 5.32 Å². The summed E-state index contributed by atoms with van der Waals surface area (Å²) in [5.74, 6) is 1.31. The molecule has 1 aromatic carbocycles. The first-order chi connectivity index (χ1) is 11.9. The molecule has 140 valence electrons. The first kappa shape index (κ1) is 17.9. The predicted molar refractivity (Wildman–Crippen MR) is 102 cm³/mol. The number of aromatic nitrogens is 3. The highest BCUT2D eigenvalue weighted by Gasteiger charge is 2.20. The molecular formula is C17H29N5O2S. The first-order valence-electron chi connectivity index (χ1n) is 8.63. The zero-order chi connectivity index (χ0) is 18.0. The summed E-state index contributed by atoms with van der Waals surface area (Å²) < 4.78 is 28.4. The van der Waals surface area contributed by atoms with E-state index in [0.29, 0.717) is 17.4 Å². The minimum Gasteiger partial charge on any atom is -0.382 e. The number of hydrogen-bond acceptors (Lipinski definition) is 5. The second kappa shape index (κ2) is 7.13. The van der Waals surface area contributed by atoms with Crippen LogP contribution in [0, 0.1) is 6.92 Å². The van der Waals surface area contributed by atoms with Crippen molar-refractivity contribution in [3.8, 4) is 11.4 Å². The molecule has 3 rings (SSSR count). The Balaban J connectivity index is 0.00000182. The zero-order valence-corrected chi connectivity index (χ0v) is 15.7. The third-order valence-electron chi connectivity index (χ3n) is 4.76. The highest BCUT2D eigenvalue weighted by molar-refractivity contribution is 7.89. The predicted octanol–water partition coefficient (Wildman–Crippen LogP) is 2.94. The molecule has 1 saturated carbocycles. The molecule has 2 aromatic rings. The summed E-state index contributed by atoms with van der Waals surface area (Å²) in [5, 5.41) is 8.00. The SMILES string of the molecule is CNS(=O)(=O)c1ccc(NC2CCCCC2)c(-c2nc(C)n(C)n2)c1.[HH].[HH]. The average Bonchev–Trinajstić information content (AvgIpc) is 2.95. The maximum Gasteiger partial charge on any atom is 0.240 e. The lowest BCUT2D eigenvalue weighted by Gasteiger charge is -2.25. The summed E-state index contributed by atoms with van der Waals surface area (Å²) in [6.45, 7) is 1.87. The van der Waals surface area contributed by atoms with Gasteiger partial charge in [0.15, 0.2) is 5.82 Å². The van der Waals surface area contributed by atoms with Crippen molar-refractivity contribution in [1.29, 1.82) is 0 Å². The fourth-order valence-corrected chi connectivity index (χ4v) is 3.92. The number of sulfonamides is 1. The molecule has 2 N–H and O–H groups in total. The quantitative estimate of drug-likeness (QED) is 0.848. The molecule has 0 spiro atoms. The molecule has 0 aliphatic heterocycles. The van der Waals surface area contributed by atoms with E-state index in [1.54, 1.807) is 16.8 Å². The zero-order valence-electron chi connectivity index (χ0n) is 14.9. The number of hydrogen-bond donors (Lipinski definition) is 2. The smallest absolute Gasteiger partial charge is 0.240 e. The number of nitrogens with one attached hydrogen (secondary N) is 2. The molecule has 0 saturated heterocycles. The molecule has 0 amide bonds. The van der Waals surface area contributed by atoms with Crippen LogP contribution < -0.4 is 10.0 Å². The lowest BCUT2D eigenvalue weighted by Crippen LogP contribution is -2.23. The molecule has 0 radical (unpaired) electrons. The van der Waals surface area contributed by atoms with Gasteiger partial charge in [-0.25, -0.2) is 18.1 Å². The largest absolute Gasteiger partial charge is 0.382 e. The van der Waals surface area contributed by atoms with Gasteiger partial charge in [0.2, 0.25) is 10.0 Å². The van der Waals surface area contributed by atoms with Crippen LogP contribution in [0.4, 0.5) is 5.69 Å². The molecule has 1 aliphatic carbocycles. The molecule has 0 unspecified atom stereocenters. The topological polar surface area (TPSA) is 88.9 Å². The van der Waals surface area contributed by atoms with Gasteiger partial charge in [-0.05, 0) is 45.0 Å². The highest BCUT2D eigenvalue weighted by Crippen LogP contribution is 2.31. The molecule has 1 heterocycles. The van der Waals surface area contributed by atoms with Crippen LogP contribution in [0.1, 0.15) is 40.8 Å². The fraction of sp³-hybridized carbons (Fsp3) is 0.529. The maximum absolute atomic E-state index is 12.2. The summed E-state index contributed by atoms with van der Waals surface area (Å²) in [6, 6.07) is 5.49. The second-order valence-electron chi connectivity index (χ2n) is 6.50. The summed E-state index contributed by atoms with van der Waals surface area (Å²) >= 11 is 0. The van der Waals surface area contributed by atoms with Crippen LogP contribution in [-0.2, 0) is 17.1 Å². The van der Waals surface area contributed by atoms with Gasteiger partial charge in [0.1, 0.15) is 5.82 Å². The van der Waals surface area contributed by atoms with Crippen LogP contribution in [0.25, 0.3) is 11.4 Å². The van der Waals surface area contributed by atoms with E-state index in [2.05, 4.69) is 20.1 Å². The van der Waals surface area contributed by atoms with Gasteiger partial charge in [0.25, 0.3) is 0 Å². The van der Waals surface area contributed by atoms with Crippen molar-refractivity contribution in [2.45, 2.75) is 50.0 Å². The lowest BCUT2D eigenvalue weighted by molar-refractivity contribution is 0.463. The van der Waals surface area contributed by atoms with Crippen molar-refractivity contribution >= 4 is 15.7 Å². The number of aryl methyl sites for hydroxylation is 2. The van der Waals surface area contributed by atoms with E-state index >= 15 is 0 Å². The highest BCUT2D eigenvalue weighted by atomic mass is 32.2. The van der Waals surface area contributed by atoms with Crippen LogP contribution in [0.2, 0.25) is 0 Å². The van der Waals surface area contributed by atoms with Gasteiger partial charge in [-0.2, -0.15) is 5.10 Å². The Labute approximate surface area is 151 Å². The summed E-state index contributed by atoms with van der Waals surface area (Å²) in [7, 11) is -0.285. The Hall–Kier alpha value is -1.93. The van der Waals surface area contributed by atoms with Crippen molar-refractivity contribution in [1.82, 2.24) is 19.5 Å². The van der Waals surface area contributed by atoms with Crippen LogP contribution in [0.15, 0.2) is 23.1 Å². The molecular weight excluding hydrogens is 338 g/mol. The van der Waals surface area contributed by atoms with E-state index in [-0.39, 0.29) is 7.75 Å². The Kier molecular flexibility index (Phi) is 5.10. The normalized spacial score (nSPS) is 16.1. The van der Waals surface area contributed by atoms with Crippen LogP contribution in [-0.4, -0.2) is 36.3 Å². The molecule has 25 heavy (non-hydrogen) atoms. The average molecular weight is 368 g/mol. The molecule has 8 heteroatoms. The number of benzene rings is 1. The van der Waals surface area contributed by atoms with Crippen LogP contribution >= 0.6 is 0 Å². The number of nitrogens with zero attached hydrogens (tertiary/aromatic N) is 3. The van der Waals surface area contributed by atoms with Crippen molar-refractivity contribution < 1.29 is 11.3 Å². The summed E-state index contributed by atoms with van der Waals surface area (Å²) in [5.41, 5.74) is 1.60. The first-order valence-corrected chi connectivity index (χ1v) is 10.1. The van der Waals surface area contributed by atoms with E-state index in [0.717, 1.165) is 24.4 Å². The second-order valence-corrected chi connectivity index (χ2v) is 8.39. The van der Waals surface area contributed by atoms with Crippen LogP contribution in [0.3, 0.4) is 0 Å². The third kappa shape index (κ3) is 3.85. The Morgan fingerprint density at radius 1 is 1.24 bits per heavy atom. The molecule has 1 aromatic heterocycles. The van der Waals surface area contributed by atoms with Gasteiger partial charge in [-0.1, -0.05) is 19.3 Å². The molecule has 0 atom stereocenters. The van der Waals surface area contributed by atoms with E-state index in [1.807, 2.05) is 20.0 Å². The van der Waals surface area contributed by atoms with Crippen molar-refractivity contribution in [3.63, 3.8) is 0 Å². The molecule has 7 nitrogen and oxygen atoms in total. The van der Waals surface area contributed by atoms with Gasteiger partial charge in [-0.3, -0.25) is 4.68 Å². The van der Waals surface area contributed by atoms with Crippen molar-refractivity contribution in [2.75, 3.05) is 12.4 Å². The van der Waals surface area contributed by atoms with E-state index in [4.69, 9.17) is 0 Å². The third-order valence-corrected chi connectivity index (χ3v) is 6.17. The minimum absolute atomic E-state index is 0. The Morgan fingerprint density at radius 3 is 2.56 bits per heavy atom. The summed E-state index contributed by atoms with van der Waals surface area (Å²) in [4.78, 5) is 4.69. The fourth-order valence-electron chi connectivity index (χ4n) is 3.16. The number of rotatable bonds is 5. The summed E-state index contributed by atoms with van der Waals surface area (Å²) in [6.07, 6.45) is 5.99. The van der Waals surface area contributed by atoms with E-state index in [1.165, 1.54) is 26.3 Å². The number of anilines is 1. The van der Waals surface area contributed by atoms with Crippen LogP contribution in [0.5, 0.6) is 0 Å². The molecule has 1 aliphatic rings. The van der Waals surface area contributed by atoms with Gasteiger partial charge in [0, 0.05) is 27.2 Å². The standard InChI is InChI=1S/C17H25N5O2S.2H2/c1-12-19-17(21-22(12)3)15-11-14(25(23,24)18-2)9-10-16(15)20-13-7-5-4-6-8-13;;/h9-11,13,18,20H,4-8H2,1-3H3;2*1H. The van der Waals surface area contributed by atoms with Gasteiger partial charge in [-0.15, -0.1) is 0 Å². The molecule has 1 fully saturated rings.